The number of ether oxygens (including phenoxy) is 1. The summed E-state index contributed by atoms with van der Waals surface area (Å²) < 4.78 is 12.6. The molecular weight excluding hydrogens is 282 g/mol. The van der Waals surface area contributed by atoms with E-state index in [-0.39, 0.29) is 6.61 Å². The highest BCUT2D eigenvalue weighted by Crippen LogP contribution is 2.17. The number of hydrogen-bond acceptors (Lipinski definition) is 6. The van der Waals surface area contributed by atoms with Crippen molar-refractivity contribution in [2.45, 2.75) is 6.61 Å². The number of aromatic nitrogens is 5. The molecule has 0 radical (unpaired) electrons. The van der Waals surface area contributed by atoms with E-state index in [1.54, 1.807) is 16.8 Å². The Kier molecular flexibility index (Phi) is 3.01. The molecule has 0 saturated heterocycles. The van der Waals surface area contributed by atoms with Gasteiger partial charge in [0.2, 0.25) is 11.6 Å². The van der Waals surface area contributed by atoms with Gasteiger partial charge in [-0.05, 0) is 18.2 Å². The molecule has 0 spiro atoms. The fourth-order valence-electron chi connectivity index (χ4n) is 2.01. The Bertz CT molecular complexity index is 867. The zero-order chi connectivity index (χ0) is 14.8. The fourth-order valence-corrected chi connectivity index (χ4v) is 2.01. The van der Waals surface area contributed by atoms with Crippen molar-refractivity contribution in [3.63, 3.8) is 0 Å². The number of benzene rings is 1. The Morgan fingerprint density at radius 2 is 2.00 bits per heavy atom. The number of fused-ring (bicyclic) bond motifs is 1. The lowest BCUT2D eigenvalue weighted by Gasteiger charge is -2.01. The van der Waals surface area contributed by atoms with Gasteiger partial charge in [0, 0.05) is 18.6 Å². The van der Waals surface area contributed by atoms with E-state index in [2.05, 4.69) is 20.1 Å². The van der Waals surface area contributed by atoms with Gasteiger partial charge < -0.3 is 9.26 Å². The van der Waals surface area contributed by atoms with Gasteiger partial charge >= 0.3 is 0 Å². The fraction of sp³-hybridized carbons (Fsp3) is 0.0667. The molecule has 3 heterocycles. The highest BCUT2D eigenvalue weighted by Gasteiger charge is 2.13. The molecule has 1 aromatic carbocycles. The molecule has 0 aliphatic rings. The number of hydrogen-bond donors (Lipinski definition) is 0. The van der Waals surface area contributed by atoms with E-state index in [4.69, 9.17) is 9.26 Å². The van der Waals surface area contributed by atoms with Gasteiger partial charge in [-0.3, -0.25) is 4.40 Å². The maximum atomic E-state index is 5.58. The van der Waals surface area contributed by atoms with Gasteiger partial charge in [0.25, 0.3) is 5.89 Å². The predicted octanol–water partition coefficient (Wildman–Crippen LogP) is 2.36. The van der Waals surface area contributed by atoms with Crippen molar-refractivity contribution in [1.82, 2.24) is 24.5 Å². The molecule has 0 N–H and O–H groups in total. The quantitative estimate of drug-likeness (QED) is 0.574. The summed E-state index contributed by atoms with van der Waals surface area (Å²) in [6.07, 6.45) is 5.32. The second kappa shape index (κ2) is 5.28. The van der Waals surface area contributed by atoms with Crippen LogP contribution in [0.15, 0.2) is 59.5 Å². The normalized spacial score (nSPS) is 10.9. The average Bonchev–Trinajstić information content (AvgIpc) is 3.20. The van der Waals surface area contributed by atoms with Gasteiger partial charge in [0.15, 0.2) is 6.61 Å². The highest BCUT2D eigenvalue weighted by atomic mass is 16.5. The van der Waals surface area contributed by atoms with Crippen molar-refractivity contribution in [3.8, 4) is 17.3 Å². The van der Waals surface area contributed by atoms with Crippen LogP contribution in [-0.2, 0) is 6.61 Å². The molecule has 0 atom stereocenters. The van der Waals surface area contributed by atoms with Crippen molar-refractivity contribution >= 4 is 5.78 Å². The van der Waals surface area contributed by atoms with Crippen LogP contribution in [-0.4, -0.2) is 24.5 Å². The summed E-state index contributed by atoms with van der Waals surface area (Å²) in [4.78, 5) is 12.8. The van der Waals surface area contributed by atoms with Crippen LogP contribution < -0.4 is 4.74 Å². The second-order valence-corrected chi connectivity index (χ2v) is 4.57. The van der Waals surface area contributed by atoms with Crippen molar-refractivity contribution < 1.29 is 9.26 Å². The summed E-state index contributed by atoms with van der Waals surface area (Å²) >= 11 is 0. The van der Waals surface area contributed by atoms with Crippen LogP contribution in [0.25, 0.3) is 17.4 Å². The van der Waals surface area contributed by atoms with Crippen LogP contribution in [0.3, 0.4) is 0 Å². The van der Waals surface area contributed by atoms with Gasteiger partial charge in [-0.15, -0.1) is 0 Å². The van der Waals surface area contributed by atoms with E-state index in [1.807, 2.05) is 42.6 Å². The predicted molar refractivity (Wildman–Crippen MR) is 77.1 cm³/mol. The maximum Gasteiger partial charge on any atom is 0.278 e. The molecule has 108 valence electrons. The summed E-state index contributed by atoms with van der Waals surface area (Å²) in [6.45, 7) is 0.235. The Morgan fingerprint density at radius 3 is 2.86 bits per heavy atom. The Labute approximate surface area is 125 Å². The number of para-hydroxylation sites is 1. The Hall–Kier alpha value is -3.22. The van der Waals surface area contributed by atoms with E-state index >= 15 is 0 Å². The van der Waals surface area contributed by atoms with E-state index in [9.17, 15) is 0 Å². The first-order valence-electron chi connectivity index (χ1n) is 6.69. The monoisotopic (exact) mass is 293 g/mol. The zero-order valence-electron chi connectivity index (χ0n) is 11.5. The van der Waals surface area contributed by atoms with Crippen molar-refractivity contribution in [2.24, 2.45) is 0 Å². The largest absolute Gasteiger partial charge is 0.485 e. The van der Waals surface area contributed by atoms with E-state index in [0.717, 1.165) is 5.75 Å². The van der Waals surface area contributed by atoms with Crippen LogP contribution >= 0.6 is 0 Å². The summed E-state index contributed by atoms with van der Waals surface area (Å²) in [7, 11) is 0. The minimum absolute atomic E-state index is 0.235. The zero-order valence-corrected chi connectivity index (χ0v) is 11.5. The molecule has 3 aromatic heterocycles. The van der Waals surface area contributed by atoms with Gasteiger partial charge in [0.05, 0.1) is 0 Å². The molecule has 7 nitrogen and oxygen atoms in total. The lowest BCUT2D eigenvalue weighted by molar-refractivity contribution is 0.287. The highest BCUT2D eigenvalue weighted by molar-refractivity contribution is 5.50. The molecule has 0 saturated carbocycles. The Balaban J connectivity index is 1.53. The molecule has 0 aliphatic carbocycles. The number of nitrogens with zero attached hydrogens (tertiary/aromatic N) is 5. The van der Waals surface area contributed by atoms with E-state index in [1.165, 1.54) is 0 Å². The van der Waals surface area contributed by atoms with Crippen LogP contribution in [0, 0.1) is 0 Å². The van der Waals surface area contributed by atoms with Crippen molar-refractivity contribution in [2.75, 3.05) is 0 Å². The maximum absolute atomic E-state index is 5.58. The third-order valence-corrected chi connectivity index (χ3v) is 3.03. The topological polar surface area (TPSA) is 78.3 Å². The first-order chi connectivity index (χ1) is 10.9. The molecule has 0 bridgehead atoms. The Morgan fingerprint density at radius 1 is 1.09 bits per heavy atom. The number of rotatable bonds is 4. The minimum atomic E-state index is 0.235. The smallest absolute Gasteiger partial charge is 0.278 e. The second-order valence-electron chi connectivity index (χ2n) is 4.57. The van der Waals surface area contributed by atoms with Crippen LogP contribution in [0.5, 0.6) is 5.75 Å². The lowest BCUT2D eigenvalue weighted by atomic mass is 10.3. The van der Waals surface area contributed by atoms with E-state index < -0.39 is 0 Å². The summed E-state index contributed by atoms with van der Waals surface area (Å²) in [5.74, 6) is 2.14. The van der Waals surface area contributed by atoms with E-state index in [0.29, 0.717) is 23.2 Å². The molecule has 0 unspecified atom stereocenters. The van der Waals surface area contributed by atoms with Crippen molar-refractivity contribution in [3.05, 3.63) is 60.8 Å². The molecule has 4 aromatic rings. The van der Waals surface area contributed by atoms with Gasteiger partial charge in [-0.25, -0.2) is 9.97 Å². The molecule has 7 heteroatoms. The molecular formula is C15H11N5O2. The SMILES string of the molecule is c1ccc(OCc2noc(-c3cn4cccnc4n3)n2)cc1. The first-order valence-corrected chi connectivity index (χ1v) is 6.69. The number of imidazole rings is 1. The standard InChI is InChI=1S/C15H11N5O2/c1-2-5-11(6-3-1)21-10-13-18-14(22-19-13)12-9-20-8-4-7-16-15(20)17-12/h1-9H,10H2. The third kappa shape index (κ3) is 2.39. The summed E-state index contributed by atoms with van der Waals surface area (Å²) in [5.41, 5.74) is 0.581. The average molecular weight is 293 g/mol. The van der Waals surface area contributed by atoms with Crippen LogP contribution in [0.4, 0.5) is 0 Å². The van der Waals surface area contributed by atoms with Crippen LogP contribution in [0.1, 0.15) is 5.82 Å². The molecule has 0 fully saturated rings. The molecule has 0 amide bonds. The summed E-state index contributed by atoms with van der Waals surface area (Å²) in [5, 5.41) is 3.90. The molecule has 4 rings (SSSR count). The minimum Gasteiger partial charge on any atom is -0.485 e. The molecule has 0 aliphatic heterocycles. The van der Waals surface area contributed by atoms with Gasteiger partial charge in [-0.2, -0.15) is 4.98 Å². The van der Waals surface area contributed by atoms with Crippen LogP contribution in [0.2, 0.25) is 0 Å². The van der Waals surface area contributed by atoms with Crippen molar-refractivity contribution in [1.29, 1.82) is 0 Å². The van der Waals surface area contributed by atoms with Gasteiger partial charge in [-0.1, -0.05) is 23.4 Å². The summed E-state index contributed by atoms with van der Waals surface area (Å²) in [6, 6.07) is 11.3. The van der Waals surface area contributed by atoms with Gasteiger partial charge in [0.1, 0.15) is 11.4 Å². The third-order valence-electron chi connectivity index (χ3n) is 3.03. The first kappa shape index (κ1) is 12.5. The lowest BCUT2D eigenvalue weighted by Crippen LogP contribution is -1.97. The molecule has 22 heavy (non-hydrogen) atoms.